The molecule has 2 aromatic rings. The predicted octanol–water partition coefficient (Wildman–Crippen LogP) is 3.12. The summed E-state index contributed by atoms with van der Waals surface area (Å²) in [7, 11) is 3.62. The fraction of sp³-hybridized carbons (Fsp3) is 0.500. The molecular weight excluding hydrogens is 368 g/mol. The predicted molar refractivity (Wildman–Crippen MR) is 101 cm³/mol. The zero-order valence-corrected chi connectivity index (χ0v) is 16.1. The van der Waals surface area contributed by atoms with Gasteiger partial charge in [-0.25, -0.2) is 4.68 Å². The van der Waals surface area contributed by atoms with Crippen LogP contribution < -0.4 is 15.0 Å². The Morgan fingerprint density at radius 3 is 2.79 bits per heavy atom. The van der Waals surface area contributed by atoms with Gasteiger partial charge in [0.15, 0.2) is 0 Å². The molecule has 0 aliphatic carbocycles. The van der Waals surface area contributed by atoms with E-state index in [1.807, 2.05) is 14.0 Å². The molecule has 130 valence electrons. The molecule has 0 saturated carbocycles. The second-order valence-corrected chi connectivity index (χ2v) is 7.32. The minimum absolute atomic E-state index is 0.677. The van der Waals surface area contributed by atoms with E-state index in [-0.39, 0.29) is 0 Å². The summed E-state index contributed by atoms with van der Waals surface area (Å²) in [6.45, 7) is 6.09. The number of ether oxygens (including phenoxy) is 1. The van der Waals surface area contributed by atoms with Crippen molar-refractivity contribution < 1.29 is 4.74 Å². The lowest BCUT2D eigenvalue weighted by Crippen LogP contribution is -2.26. The van der Waals surface area contributed by atoms with E-state index in [2.05, 4.69) is 55.5 Å². The van der Waals surface area contributed by atoms with Crippen LogP contribution in [0.15, 0.2) is 28.7 Å². The first-order valence-electron chi connectivity index (χ1n) is 8.36. The number of nitrogens with one attached hydrogen (secondary N) is 1. The van der Waals surface area contributed by atoms with Crippen molar-refractivity contribution in [2.75, 3.05) is 31.6 Å². The van der Waals surface area contributed by atoms with Crippen molar-refractivity contribution in [3.8, 4) is 5.88 Å². The number of anilines is 1. The lowest BCUT2D eigenvalue weighted by Gasteiger charge is -2.19. The highest BCUT2D eigenvalue weighted by molar-refractivity contribution is 9.10. The normalized spacial score (nSPS) is 17.5. The number of rotatable bonds is 6. The summed E-state index contributed by atoms with van der Waals surface area (Å²) in [6.07, 6.45) is 1.23. The van der Waals surface area contributed by atoms with Crippen LogP contribution in [0.3, 0.4) is 0 Å². The van der Waals surface area contributed by atoms with E-state index < -0.39 is 0 Å². The van der Waals surface area contributed by atoms with Crippen molar-refractivity contribution in [2.45, 2.75) is 19.9 Å². The van der Waals surface area contributed by atoms with Gasteiger partial charge in [0.05, 0.1) is 18.4 Å². The molecule has 0 radical (unpaired) electrons. The average molecular weight is 393 g/mol. The van der Waals surface area contributed by atoms with E-state index in [0.717, 1.165) is 47.8 Å². The van der Waals surface area contributed by atoms with E-state index in [0.29, 0.717) is 5.92 Å². The van der Waals surface area contributed by atoms with Gasteiger partial charge in [0.25, 0.3) is 0 Å². The molecular formula is C18H25BrN4O. The summed E-state index contributed by atoms with van der Waals surface area (Å²) in [4.78, 5) is 2.47. The number of hydrogen-bond donors (Lipinski definition) is 1. The molecule has 1 saturated heterocycles. The van der Waals surface area contributed by atoms with Gasteiger partial charge in [0.1, 0.15) is 0 Å². The maximum absolute atomic E-state index is 5.45. The summed E-state index contributed by atoms with van der Waals surface area (Å²) in [5, 5.41) is 8.02. The number of methoxy groups -OCH3 is 1. The standard InChI is InChI=1S/C18H25BrN4O/c1-13-17(18(24-3)22(2)21-13)11-20-10-14-8-9-23(12-14)16-6-4-15(19)5-7-16/h4-7,14,20H,8-12H2,1-3H3. The van der Waals surface area contributed by atoms with Crippen LogP contribution in [-0.4, -0.2) is 36.5 Å². The molecule has 24 heavy (non-hydrogen) atoms. The van der Waals surface area contributed by atoms with Crippen LogP contribution in [0.1, 0.15) is 17.7 Å². The number of nitrogens with zero attached hydrogens (tertiary/aromatic N) is 3. The fourth-order valence-electron chi connectivity index (χ4n) is 3.43. The molecule has 1 unspecified atom stereocenters. The molecule has 1 atom stereocenters. The molecule has 5 nitrogen and oxygen atoms in total. The van der Waals surface area contributed by atoms with E-state index in [4.69, 9.17) is 4.74 Å². The van der Waals surface area contributed by atoms with Gasteiger partial charge in [-0.1, -0.05) is 15.9 Å². The number of benzene rings is 1. The monoisotopic (exact) mass is 392 g/mol. The Hall–Kier alpha value is -1.53. The third-order valence-corrected chi connectivity index (χ3v) is 5.22. The highest BCUT2D eigenvalue weighted by Crippen LogP contribution is 2.25. The van der Waals surface area contributed by atoms with Gasteiger partial charge in [-0.3, -0.25) is 0 Å². The summed E-state index contributed by atoms with van der Waals surface area (Å²) in [6, 6.07) is 8.59. The van der Waals surface area contributed by atoms with Crippen molar-refractivity contribution in [1.82, 2.24) is 15.1 Å². The molecule has 0 bridgehead atoms. The summed E-state index contributed by atoms with van der Waals surface area (Å²) in [5.74, 6) is 1.53. The summed E-state index contributed by atoms with van der Waals surface area (Å²) < 4.78 is 8.38. The van der Waals surface area contributed by atoms with Gasteiger partial charge in [-0.05, 0) is 43.5 Å². The topological polar surface area (TPSA) is 42.3 Å². The lowest BCUT2D eigenvalue weighted by atomic mass is 10.1. The zero-order valence-electron chi connectivity index (χ0n) is 14.6. The van der Waals surface area contributed by atoms with E-state index >= 15 is 0 Å². The average Bonchev–Trinajstić information content (AvgIpc) is 3.13. The molecule has 1 N–H and O–H groups in total. The van der Waals surface area contributed by atoms with Crippen LogP contribution in [0.4, 0.5) is 5.69 Å². The summed E-state index contributed by atoms with van der Waals surface area (Å²) in [5.41, 5.74) is 3.50. The fourth-order valence-corrected chi connectivity index (χ4v) is 3.69. The van der Waals surface area contributed by atoms with Gasteiger partial charge in [-0.15, -0.1) is 0 Å². The highest BCUT2D eigenvalue weighted by Gasteiger charge is 2.23. The number of aromatic nitrogens is 2. The Bertz CT molecular complexity index is 683. The number of halogens is 1. The zero-order chi connectivity index (χ0) is 17.1. The van der Waals surface area contributed by atoms with Gasteiger partial charge >= 0.3 is 0 Å². The van der Waals surface area contributed by atoms with E-state index in [1.165, 1.54) is 12.1 Å². The number of hydrogen-bond acceptors (Lipinski definition) is 4. The van der Waals surface area contributed by atoms with Crippen molar-refractivity contribution in [2.24, 2.45) is 13.0 Å². The Kier molecular flexibility index (Phi) is 5.46. The first-order chi connectivity index (χ1) is 11.6. The van der Waals surface area contributed by atoms with Crippen LogP contribution in [-0.2, 0) is 13.6 Å². The van der Waals surface area contributed by atoms with Crippen LogP contribution in [0.5, 0.6) is 5.88 Å². The SMILES string of the molecule is COc1c(CNCC2CCN(c3ccc(Br)cc3)C2)c(C)nn1C. The molecule has 1 aromatic carbocycles. The Morgan fingerprint density at radius 2 is 2.08 bits per heavy atom. The van der Waals surface area contributed by atoms with Gasteiger partial charge < -0.3 is 15.0 Å². The van der Waals surface area contributed by atoms with Crippen LogP contribution >= 0.6 is 15.9 Å². The van der Waals surface area contributed by atoms with Crippen molar-refractivity contribution in [1.29, 1.82) is 0 Å². The molecule has 1 fully saturated rings. The van der Waals surface area contributed by atoms with Crippen LogP contribution in [0.25, 0.3) is 0 Å². The highest BCUT2D eigenvalue weighted by atomic mass is 79.9. The van der Waals surface area contributed by atoms with Gasteiger partial charge in [0.2, 0.25) is 5.88 Å². The third kappa shape index (κ3) is 3.75. The van der Waals surface area contributed by atoms with Gasteiger partial charge in [0, 0.05) is 43.4 Å². The maximum atomic E-state index is 5.45. The quantitative estimate of drug-likeness (QED) is 0.819. The van der Waals surface area contributed by atoms with Gasteiger partial charge in [-0.2, -0.15) is 5.10 Å². The number of aryl methyl sites for hydroxylation is 2. The molecule has 6 heteroatoms. The van der Waals surface area contributed by atoms with Crippen LogP contribution in [0, 0.1) is 12.8 Å². The second-order valence-electron chi connectivity index (χ2n) is 6.40. The van der Waals surface area contributed by atoms with E-state index in [1.54, 1.807) is 11.8 Å². The molecule has 0 amide bonds. The maximum Gasteiger partial charge on any atom is 0.216 e. The Morgan fingerprint density at radius 1 is 1.33 bits per heavy atom. The third-order valence-electron chi connectivity index (χ3n) is 4.69. The Balaban J connectivity index is 1.51. The minimum Gasteiger partial charge on any atom is -0.481 e. The molecule has 1 aliphatic rings. The largest absolute Gasteiger partial charge is 0.481 e. The Labute approximate surface area is 152 Å². The summed E-state index contributed by atoms with van der Waals surface area (Å²) >= 11 is 3.50. The molecule has 0 spiro atoms. The minimum atomic E-state index is 0.677. The smallest absolute Gasteiger partial charge is 0.216 e. The first kappa shape index (κ1) is 17.3. The van der Waals surface area contributed by atoms with E-state index in [9.17, 15) is 0 Å². The molecule has 3 rings (SSSR count). The molecule has 2 heterocycles. The molecule has 1 aliphatic heterocycles. The molecule has 1 aromatic heterocycles. The van der Waals surface area contributed by atoms with Crippen molar-refractivity contribution in [3.63, 3.8) is 0 Å². The second kappa shape index (κ2) is 7.57. The van der Waals surface area contributed by atoms with Crippen LogP contribution in [0.2, 0.25) is 0 Å². The lowest BCUT2D eigenvalue weighted by molar-refractivity contribution is 0.367. The van der Waals surface area contributed by atoms with Crippen molar-refractivity contribution in [3.05, 3.63) is 40.0 Å². The first-order valence-corrected chi connectivity index (χ1v) is 9.15. The van der Waals surface area contributed by atoms with Crippen molar-refractivity contribution >= 4 is 21.6 Å².